The van der Waals surface area contributed by atoms with Crippen LogP contribution in [0.3, 0.4) is 0 Å². The predicted octanol–water partition coefficient (Wildman–Crippen LogP) is 1.56. The Morgan fingerprint density at radius 2 is 2.25 bits per heavy atom. The van der Waals surface area contributed by atoms with Gasteiger partial charge in [-0.2, -0.15) is 0 Å². The Bertz CT molecular complexity index is 477. The number of carbonyl (C=O) groups excluding carboxylic acids is 2. The van der Waals surface area contributed by atoms with Gasteiger partial charge in [-0.3, -0.25) is 9.59 Å². The molecule has 0 saturated carbocycles. The summed E-state index contributed by atoms with van der Waals surface area (Å²) in [7, 11) is 1.49. The Morgan fingerprint density at radius 3 is 2.94 bits per heavy atom. The number of carbonyl (C=O) groups is 2. The Hall–Kier alpha value is -2.10. The van der Waals surface area contributed by atoms with E-state index >= 15 is 0 Å². The van der Waals surface area contributed by atoms with Gasteiger partial charge in [0.25, 0.3) is 0 Å². The van der Waals surface area contributed by atoms with E-state index in [0.717, 1.165) is 5.56 Å². The van der Waals surface area contributed by atoms with Gasteiger partial charge >= 0.3 is 0 Å². The van der Waals surface area contributed by atoms with Gasteiger partial charge < -0.3 is 10.1 Å². The van der Waals surface area contributed by atoms with Crippen LogP contribution in [0.4, 0.5) is 5.69 Å². The van der Waals surface area contributed by atoms with Crippen molar-refractivity contribution in [2.75, 3.05) is 12.4 Å². The van der Waals surface area contributed by atoms with E-state index in [1.165, 1.54) is 13.2 Å². The molecule has 0 aromatic heterocycles. The largest absolute Gasteiger partial charge is 0.496 e. The highest BCUT2D eigenvalue weighted by Crippen LogP contribution is 2.30. The molecule has 1 aromatic rings. The average molecular weight is 217 g/mol. The van der Waals surface area contributed by atoms with Gasteiger partial charge in [0.1, 0.15) is 5.75 Å². The topological polar surface area (TPSA) is 55.4 Å². The predicted molar refractivity (Wildman–Crippen MR) is 59.9 cm³/mol. The fourth-order valence-corrected chi connectivity index (χ4v) is 1.72. The highest BCUT2D eigenvalue weighted by Gasteiger charge is 2.16. The van der Waals surface area contributed by atoms with E-state index in [1.54, 1.807) is 12.1 Å². The molecular formula is C12H11NO3. The molecule has 0 fully saturated rings. The van der Waals surface area contributed by atoms with Crippen LogP contribution in [0.25, 0.3) is 0 Å². The van der Waals surface area contributed by atoms with Crippen molar-refractivity contribution < 1.29 is 14.3 Å². The zero-order chi connectivity index (χ0) is 11.5. The molecule has 1 N–H and O–H groups in total. The number of nitrogens with one attached hydrogen (secondary N) is 1. The molecule has 4 heteroatoms. The first-order chi connectivity index (χ1) is 7.76. The summed E-state index contributed by atoms with van der Waals surface area (Å²) < 4.78 is 5.08. The van der Waals surface area contributed by atoms with Crippen molar-refractivity contribution in [3.8, 4) is 5.75 Å². The number of aldehydes is 1. The van der Waals surface area contributed by atoms with Gasteiger partial charge in [0.05, 0.1) is 18.4 Å². The van der Waals surface area contributed by atoms with Crippen LogP contribution in [-0.4, -0.2) is 19.3 Å². The van der Waals surface area contributed by atoms with Crippen LogP contribution in [0.5, 0.6) is 5.75 Å². The van der Waals surface area contributed by atoms with Crippen molar-refractivity contribution in [1.82, 2.24) is 0 Å². The van der Waals surface area contributed by atoms with Crippen molar-refractivity contribution in [1.29, 1.82) is 0 Å². The van der Waals surface area contributed by atoms with E-state index in [4.69, 9.17) is 4.74 Å². The van der Waals surface area contributed by atoms with Gasteiger partial charge in [0.2, 0.25) is 5.91 Å². The fourth-order valence-electron chi connectivity index (χ4n) is 1.72. The zero-order valence-electron chi connectivity index (χ0n) is 8.82. The molecular weight excluding hydrogens is 206 g/mol. The summed E-state index contributed by atoms with van der Waals surface area (Å²) in [6.07, 6.45) is 4.55. The standard InChI is InChI=1S/C12H11NO3/c1-16-10-6-5-8-3-2-4-11(15)13-12(8)9(10)7-14/h2,4-7H,3H2,1H3,(H,13,15). The number of methoxy groups -OCH3 is 1. The molecule has 1 heterocycles. The van der Waals surface area contributed by atoms with Crippen LogP contribution in [-0.2, 0) is 11.2 Å². The summed E-state index contributed by atoms with van der Waals surface area (Å²) in [4.78, 5) is 22.4. The molecule has 1 aliphatic rings. The van der Waals surface area contributed by atoms with Crippen LogP contribution in [0.2, 0.25) is 0 Å². The number of benzene rings is 1. The average Bonchev–Trinajstić information content (AvgIpc) is 2.48. The first kappa shape index (κ1) is 10.4. The second kappa shape index (κ2) is 4.18. The number of fused-ring (bicyclic) bond motifs is 1. The maximum absolute atomic E-state index is 11.4. The van der Waals surface area contributed by atoms with Gasteiger partial charge in [0.15, 0.2) is 6.29 Å². The molecule has 82 valence electrons. The van der Waals surface area contributed by atoms with Gasteiger partial charge in [-0.25, -0.2) is 0 Å². The number of hydrogen-bond donors (Lipinski definition) is 1. The highest BCUT2D eigenvalue weighted by atomic mass is 16.5. The van der Waals surface area contributed by atoms with Crippen molar-refractivity contribution in [2.45, 2.75) is 6.42 Å². The third kappa shape index (κ3) is 1.69. The minimum absolute atomic E-state index is 0.227. The minimum Gasteiger partial charge on any atom is -0.496 e. The van der Waals surface area contributed by atoms with Gasteiger partial charge in [0, 0.05) is 0 Å². The number of hydrogen-bond acceptors (Lipinski definition) is 3. The van der Waals surface area contributed by atoms with E-state index in [0.29, 0.717) is 29.7 Å². The lowest BCUT2D eigenvalue weighted by molar-refractivity contribution is -0.111. The van der Waals surface area contributed by atoms with Crippen LogP contribution < -0.4 is 10.1 Å². The molecule has 1 amide bonds. The summed E-state index contributed by atoms with van der Waals surface area (Å²) in [5, 5.41) is 2.68. The second-order valence-electron chi connectivity index (χ2n) is 3.43. The smallest absolute Gasteiger partial charge is 0.248 e. The molecule has 2 rings (SSSR count). The molecule has 1 aliphatic heterocycles. The van der Waals surface area contributed by atoms with Gasteiger partial charge in [-0.1, -0.05) is 12.1 Å². The number of amides is 1. The molecule has 0 aliphatic carbocycles. The molecule has 0 saturated heterocycles. The third-order valence-corrected chi connectivity index (χ3v) is 2.48. The molecule has 0 spiro atoms. The van der Waals surface area contributed by atoms with E-state index < -0.39 is 0 Å². The number of allylic oxidation sites excluding steroid dienone is 1. The Kier molecular flexibility index (Phi) is 2.72. The maximum atomic E-state index is 11.4. The monoisotopic (exact) mass is 217 g/mol. The molecule has 0 bridgehead atoms. The lowest BCUT2D eigenvalue weighted by Gasteiger charge is -2.12. The number of anilines is 1. The van der Waals surface area contributed by atoms with Crippen molar-refractivity contribution in [3.05, 3.63) is 35.4 Å². The molecule has 16 heavy (non-hydrogen) atoms. The Balaban J connectivity index is 2.59. The quantitative estimate of drug-likeness (QED) is 0.765. The molecule has 0 atom stereocenters. The first-order valence-electron chi connectivity index (χ1n) is 4.89. The number of rotatable bonds is 2. The number of ether oxygens (including phenoxy) is 1. The van der Waals surface area contributed by atoms with Crippen molar-refractivity contribution >= 4 is 17.9 Å². The zero-order valence-corrected chi connectivity index (χ0v) is 8.82. The lowest BCUT2D eigenvalue weighted by atomic mass is 10.0. The molecule has 0 radical (unpaired) electrons. The molecule has 0 unspecified atom stereocenters. The summed E-state index contributed by atoms with van der Waals surface area (Å²) in [5.74, 6) is 0.242. The normalized spacial score (nSPS) is 13.7. The minimum atomic E-state index is -0.227. The summed E-state index contributed by atoms with van der Waals surface area (Å²) in [6.45, 7) is 0. The lowest BCUT2D eigenvalue weighted by Crippen LogP contribution is -2.10. The van der Waals surface area contributed by atoms with Crippen LogP contribution >= 0.6 is 0 Å². The summed E-state index contributed by atoms with van der Waals surface area (Å²) >= 11 is 0. The molecule has 1 aromatic carbocycles. The third-order valence-electron chi connectivity index (χ3n) is 2.48. The Labute approximate surface area is 92.9 Å². The summed E-state index contributed by atoms with van der Waals surface area (Å²) in [5.41, 5.74) is 1.84. The van der Waals surface area contributed by atoms with Crippen LogP contribution in [0, 0.1) is 0 Å². The van der Waals surface area contributed by atoms with Crippen LogP contribution in [0.1, 0.15) is 15.9 Å². The van der Waals surface area contributed by atoms with E-state index in [2.05, 4.69) is 5.32 Å². The fraction of sp³-hybridized carbons (Fsp3) is 0.167. The van der Waals surface area contributed by atoms with Crippen LogP contribution in [0.15, 0.2) is 24.3 Å². The highest BCUT2D eigenvalue weighted by molar-refractivity contribution is 6.04. The molecule has 4 nitrogen and oxygen atoms in total. The van der Waals surface area contributed by atoms with E-state index in [9.17, 15) is 9.59 Å². The van der Waals surface area contributed by atoms with E-state index in [1.807, 2.05) is 6.07 Å². The Morgan fingerprint density at radius 1 is 1.44 bits per heavy atom. The van der Waals surface area contributed by atoms with E-state index in [-0.39, 0.29) is 5.91 Å². The SMILES string of the molecule is COc1ccc2c(c1C=O)NC(=O)C=CC2. The van der Waals surface area contributed by atoms with Gasteiger partial charge in [-0.15, -0.1) is 0 Å². The summed E-state index contributed by atoms with van der Waals surface area (Å²) in [6, 6.07) is 3.57. The maximum Gasteiger partial charge on any atom is 0.248 e. The van der Waals surface area contributed by atoms with Gasteiger partial charge in [-0.05, 0) is 24.1 Å². The van der Waals surface area contributed by atoms with Crippen molar-refractivity contribution in [2.24, 2.45) is 0 Å². The first-order valence-corrected chi connectivity index (χ1v) is 4.89. The second-order valence-corrected chi connectivity index (χ2v) is 3.43. The van der Waals surface area contributed by atoms with Crippen molar-refractivity contribution in [3.63, 3.8) is 0 Å².